The van der Waals surface area contributed by atoms with E-state index in [0.29, 0.717) is 16.6 Å². The van der Waals surface area contributed by atoms with Gasteiger partial charge in [0.15, 0.2) is 0 Å². The fraction of sp³-hybridized carbons (Fsp3) is 0. The second-order valence-corrected chi connectivity index (χ2v) is 2.64. The van der Waals surface area contributed by atoms with E-state index in [1.807, 2.05) is 0 Å². The van der Waals surface area contributed by atoms with Crippen LogP contribution < -0.4 is 10.4 Å². The standard InChI is InChI=1S/C10H9NO3/c1-8-4-2-3-5-9(8)10(12)6-7-11(13)14/h2-7,12H,1H2/b7-6-,10-9+. The fourth-order valence-electron chi connectivity index (χ4n) is 0.991. The molecule has 0 spiro atoms. The lowest BCUT2D eigenvalue weighted by molar-refractivity contribution is -0.402. The van der Waals surface area contributed by atoms with Crippen LogP contribution in [-0.2, 0) is 0 Å². The van der Waals surface area contributed by atoms with E-state index in [1.54, 1.807) is 24.3 Å². The number of nitrogens with zero attached hydrogens (tertiary/aromatic N) is 1. The molecule has 0 aliphatic carbocycles. The summed E-state index contributed by atoms with van der Waals surface area (Å²) in [5, 5.41) is 20.5. The Hall–Kier alpha value is -2.10. The quantitative estimate of drug-likeness (QED) is 0.548. The Morgan fingerprint density at radius 1 is 1.50 bits per heavy atom. The van der Waals surface area contributed by atoms with Crippen LogP contribution in [0.15, 0.2) is 36.5 Å². The molecule has 72 valence electrons. The van der Waals surface area contributed by atoms with Crippen molar-refractivity contribution in [3.05, 3.63) is 57.1 Å². The molecule has 0 heterocycles. The van der Waals surface area contributed by atoms with Gasteiger partial charge in [-0.3, -0.25) is 10.1 Å². The largest absolute Gasteiger partial charge is 0.507 e. The summed E-state index contributed by atoms with van der Waals surface area (Å²) >= 11 is 0. The predicted molar refractivity (Wildman–Crippen MR) is 53.4 cm³/mol. The van der Waals surface area contributed by atoms with E-state index in [-0.39, 0.29) is 5.76 Å². The van der Waals surface area contributed by atoms with Crippen molar-refractivity contribution in [2.45, 2.75) is 0 Å². The molecule has 0 aliphatic heterocycles. The molecule has 1 N–H and O–H groups in total. The molecule has 1 aromatic carbocycles. The van der Waals surface area contributed by atoms with E-state index >= 15 is 0 Å². The van der Waals surface area contributed by atoms with Crippen LogP contribution in [0.1, 0.15) is 0 Å². The Balaban J connectivity index is 3.25. The molecule has 0 saturated heterocycles. The molecule has 0 bridgehead atoms. The number of rotatable bonds is 2. The SMILES string of the molecule is C=c1cccc/c1=C(O)/C=C\[N+](=O)[O-]. The van der Waals surface area contributed by atoms with Crippen molar-refractivity contribution in [1.29, 1.82) is 0 Å². The number of hydrogen-bond donors (Lipinski definition) is 1. The summed E-state index contributed by atoms with van der Waals surface area (Å²) in [4.78, 5) is 9.36. The minimum absolute atomic E-state index is 0.160. The number of nitro groups is 1. The maximum atomic E-state index is 10.00. The molecule has 0 atom stereocenters. The lowest BCUT2D eigenvalue weighted by Gasteiger charge is -1.90. The molecule has 0 saturated carbocycles. The first-order valence-electron chi connectivity index (χ1n) is 3.90. The summed E-state index contributed by atoms with van der Waals surface area (Å²) < 4.78 is 0. The van der Waals surface area contributed by atoms with Crippen LogP contribution in [0.5, 0.6) is 0 Å². The summed E-state index contributed by atoms with van der Waals surface area (Å²) in [5.74, 6) is -0.160. The molecular weight excluding hydrogens is 182 g/mol. The Labute approximate surface area is 80.3 Å². The van der Waals surface area contributed by atoms with Gasteiger partial charge < -0.3 is 5.11 Å². The van der Waals surface area contributed by atoms with Crippen LogP contribution in [-0.4, -0.2) is 10.0 Å². The van der Waals surface area contributed by atoms with E-state index in [0.717, 1.165) is 6.08 Å². The Morgan fingerprint density at radius 2 is 2.14 bits per heavy atom. The molecule has 0 aromatic heterocycles. The van der Waals surface area contributed by atoms with Gasteiger partial charge >= 0.3 is 0 Å². The van der Waals surface area contributed by atoms with E-state index in [9.17, 15) is 15.2 Å². The fourth-order valence-corrected chi connectivity index (χ4v) is 0.991. The average molecular weight is 191 g/mol. The van der Waals surface area contributed by atoms with E-state index in [1.165, 1.54) is 0 Å². The van der Waals surface area contributed by atoms with Gasteiger partial charge in [0.1, 0.15) is 5.76 Å². The van der Waals surface area contributed by atoms with Gasteiger partial charge in [-0.15, -0.1) is 0 Å². The van der Waals surface area contributed by atoms with Crippen LogP contribution in [0.25, 0.3) is 12.3 Å². The number of benzene rings is 1. The summed E-state index contributed by atoms with van der Waals surface area (Å²) in [6.07, 6.45) is 1.71. The third-order valence-electron chi connectivity index (χ3n) is 1.65. The highest BCUT2D eigenvalue weighted by Gasteiger charge is 1.92. The van der Waals surface area contributed by atoms with Crippen LogP contribution in [0, 0.1) is 10.1 Å². The highest BCUT2D eigenvalue weighted by molar-refractivity contribution is 5.47. The van der Waals surface area contributed by atoms with Gasteiger partial charge in [0.05, 0.1) is 11.0 Å². The first-order chi connectivity index (χ1) is 6.61. The number of aliphatic hydroxyl groups excluding tert-OH is 1. The molecule has 1 rings (SSSR count). The second kappa shape index (κ2) is 4.23. The molecule has 14 heavy (non-hydrogen) atoms. The van der Waals surface area contributed by atoms with Crippen molar-refractivity contribution < 1.29 is 10.0 Å². The lowest BCUT2D eigenvalue weighted by atomic mass is 10.2. The average Bonchev–Trinajstić information content (AvgIpc) is 2.15. The summed E-state index contributed by atoms with van der Waals surface area (Å²) in [5.41, 5.74) is 0. The van der Waals surface area contributed by atoms with Gasteiger partial charge in [0, 0.05) is 5.22 Å². The van der Waals surface area contributed by atoms with Crippen LogP contribution in [0.4, 0.5) is 0 Å². The molecule has 4 nitrogen and oxygen atoms in total. The Bertz CT molecular complexity index is 476. The van der Waals surface area contributed by atoms with Gasteiger partial charge in [-0.1, -0.05) is 30.8 Å². The molecule has 0 unspecified atom stereocenters. The van der Waals surface area contributed by atoms with Gasteiger partial charge in [0.2, 0.25) is 6.20 Å². The van der Waals surface area contributed by atoms with Crippen molar-refractivity contribution in [2.75, 3.05) is 0 Å². The van der Waals surface area contributed by atoms with E-state index in [4.69, 9.17) is 0 Å². The minimum atomic E-state index is -0.637. The summed E-state index contributed by atoms with van der Waals surface area (Å²) in [7, 11) is 0. The first kappa shape index (κ1) is 9.98. The van der Waals surface area contributed by atoms with E-state index < -0.39 is 4.92 Å². The zero-order valence-corrected chi connectivity index (χ0v) is 7.38. The Morgan fingerprint density at radius 3 is 2.71 bits per heavy atom. The molecule has 1 aromatic rings. The van der Waals surface area contributed by atoms with Crippen molar-refractivity contribution in [2.24, 2.45) is 0 Å². The topological polar surface area (TPSA) is 63.4 Å². The maximum Gasteiger partial charge on any atom is 0.238 e. The van der Waals surface area contributed by atoms with Crippen LogP contribution in [0.3, 0.4) is 0 Å². The highest BCUT2D eigenvalue weighted by atomic mass is 16.6. The number of hydrogen-bond acceptors (Lipinski definition) is 3. The normalized spacial score (nSPS) is 12.9. The summed E-state index contributed by atoms with van der Waals surface area (Å²) in [6.45, 7) is 3.68. The van der Waals surface area contributed by atoms with Gasteiger partial charge in [0.25, 0.3) is 0 Å². The van der Waals surface area contributed by atoms with Crippen LogP contribution in [0.2, 0.25) is 0 Å². The van der Waals surface area contributed by atoms with Crippen molar-refractivity contribution in [3.63, 3.8) is 0 Å². The molecule has 0 amide bonds. The zero-order chi connectivity index (χ0) is 10.6. The lowest BCUT2D eigenvalue weighted by Crippen LogP contribution is -2.24. The smallest absolute Gasteiger partial charge is 0.238 e. The van der Waals surface area contributed by atoms with Crippen molar-refractivity contribution >= 4 is 12.3 Å². The monoisotopic (exact) mass is 191 g/mol. The van der Waals surface area contributed by atoms with Crippen molar-refractivity contribution in [1.82, 2.24) is 0 Å². The molecule has 0 aliphatic rings. The third-order valence-corrected chi connectivity index (χ3v) is 1.65. The van der Waals surface area contributed by atoms with Crippen LogP contribution >= 0.6 is 0 Å². The molecule has 0 radical (unpaired) electrons. The number of aliphatic hydroxyl groups is 1. The second-order valence-electron chi connectivity index (χ2n) is 2.64. The molecule has 0 fully saturated rings. The van der Waals surface area contributed by atoms with E-state index in [2.05, 4.69) is 6.58 Å². The molecular formula is C10H9NO3. The summed E-state index contributed by atoms with van der Waals surface area (Å²) in [6, 6.07) is 6.85. The van der Waals surface area contributed by atoms with Gasteiger partial charge in [-0.05, 0) is 5.22 Å². The van der Waals surface area contributed by atoms with Gasteiger partial charge in [-0.2, -0.15) is 0 Å². The maximum absolute atomic E-state index is 10.00. The minimum Gasteiger partial charge on any atom is -0.507 e. The Kier molecular flexibility index (Phi) is 3.01. The predicted octanol–water partition coefficient (Wildman–Crippen LogP) is 0.553. The molecule has 4 heteroatoms. The first-order valence-corrected chi connectivity index (χ1v) is 3.90. The zero-order valence-electron chi connectivity index (χ0n) is 7.38. The van der Waals surface area contributed by atoms with Crippen molar-refractivity contribution in [3.8, 4) is 0 Å². The third kappa shape index (κ3) is 2.45. The van der Waals surface area contributed by atoms with Gasteiger partial charge in [-0.25, -0.2) is 0 Å². The highest BCUT2D eigenvalue weighted by Crippen LogP contribution is 1.87.